The second-order valence-electron chi connectivity index (χ2n) is 6.32. The number of nitrogens with zero attached hydrogens (tertiary/aromatic N) is 1. The average molecular weight is 313 g/mol. The van der Waals surface area contributed by atoms with E-state index in [0.29, 0.717) is 6.42 Å². The van der Waals surface area contributed by atoms with Crippen LogP contribution in [0.25, 0.3) is 0 Å². The number of rotatable bonds is 5. The summed E-state index contributed by atoms with van der Waals surface area (Å²) in [5, 5.41) is 0.981. The number of hydrogen-bond donors (Lipinski definition) is 2. The lowest BCUT2D eigenvalue weighted by Crippen LogP contribution is -2.42. The Morgan fingerprint density at radius 1 is 1.30 bits per heavy atom. The normalized spacial score (nSPS) is 12.3. The molecular formula is C14H23N3OS2. The molecule has 0 spiro atoms. The maximum Gasteiger partial charge on any atom is 0.239 e. The topological polar surface area (TPSA) is 68.0 Å². The van der Waals surface area contributed by atoms with Crippen molar-refractivity contribution < 1.29 is 4.79 Å². The number of pyridine rings is 1. The van der Waals surface area contributed by atoms with Crippen molar-refractivity contribution in [1.82, 2.24) is 10.4 Å². The molecule has 0 unspecified atom stereocenters. The summed E-state index contributed by atoms with van der Waals surface area (Å²) in [6.45, 7) is 10.3. The van der Waals surface area contributed by atoms with Crippen molar-refractivity contribution in [2.45, 2.75) is 50.8 Å². The van der Waals surface area contributed by atoms with Crippen LogP contribution >= 0.6 is 21.6 Å². The van der Waals surface area contributed by atoms with Gasteiger partial charge in [-0.25, -0.2) is 10.8 Å². The molecule has 0 aromatic carbocycles. The fourth-order valence-electron chi connectivity index (χ4n) is 1.52. The van der Waals surface area contributed by atoms with Gasteiger partial charge in [-0.3, -0.25) is 10.2 Å². The zero-order chi connectivity index (χ0) is 15.4. The van der Waals surface area contributed by atoms with Crippen LogP contribution in [0, 0.1) is 5.41 Å². The molecule has 0 aliphatic carbocycles. The lowest BCUT2D eigenvalue weighted by molar-refractivity contribution is -0.129. The van der Waals surface area contributed by atoms with Crippen LogP contribution in [-0.4, -0.2) is 15.6 Å². The van der Waals surface area contributed by atoms with Crippen LogP contribution in [0.2, 0.25) is 0 Å². The Hall–Kier alpha value is -0.720. The smallest absolute Gasteiger partial charge is 0.239 e. The zero-order valence-electron chi connectivity index (χ0n) is 12.7. The number of carbonyl (C=O) groups excluding carboxylic acids is 1. The number of aromatic nitrogens is 1. The highest BCUT2D eigenvalue weighted by atomic mass is 33.1. The van der Waals surface area contributed by atoms with Crippen LogP contribution in [-0.2, 0) is 11.2 Å². The van der Waals surface area contributed by atoms with Gasteiger partial charge >= 0.3 is 0 Å². The molecule has 4 nitrogen and oxygen atoms in total. The molecule has 1 aromatic rings. The van der Waals surface area contributed by atoms with E-state index in [9.17, 15) is 4.79 Å². The van der Waals surface area contributed by atoms with Crippen molar-refractivity contribution in [3.05, 3.63) is 23.9 Å². The summed E-state index contributed by atoms with van der Waals surface area (Å²) < 4.78 is 0.201. The first-order chi connectivity index (χ1) is 9.14. The summed E-state index contributed by atoms with van der Waals surface area (Å²) in [6.07, 6.45) is 2.44. The Morgan fingerprint density at radius 3 is 2.40 bits per heavy atom. The monoisotopic (exact) mass is 313 g/mol. The van der Waals surface area contributed by atoms with E-state index >= 15 is 0 Å². The highest BCUT2D eigenvalue weighted by Crippen LogP contribution is 2.39. The molecule has 0 aliphatic rings. The Balaban J connectivity index is 2.65. The highest BCUT2D eigenvalue weighted by molar-refractivity contribution is 8.77. The van der Waals surface area contributed by atoms with E-state index < -0.39 is 5.41 Å². The summed E-state index contributed by atoms with van der Waals surface area (Å²) in [6, 6.07) is 4.01. The van der Waals surface area contributed by atoms with Crippen LogP contribution in [0.1, 0.15) is 40.2 Å². The molecule has 3 N–H and O–H groups in total. The lowest BCUT2D eigenvalue weighted by Gasteiger charge is -2.22. The SMILES string of the molecule is CC(C)(C)SSc1ccc(CC(C)(C)C(=O)NN)cn1. The highest BCUT2D eigenvalue weighted by Gasteiger charge is 2.27. The third kappa shape index (κ3) is 5.73. The molecule has 0 aliphatic heterocycles. The Kier molecular flexibility index (Phi) is 5.91. The number of nitrogens with one attached hydrogen (secondary N) is 1. The van der Waals surface area contributed by atoms with Gasteiger partial charge in [-0.1, -0.05) is 51.5 Å². The van der Waals surface area contributed by atoms with E-state index in [1.54, 1.807) is 21.6 Å². The number of amides is 1. The van der Waals surface area contributed by atoms with Gasteiger partial charge in [0.05, 0.1) is 0 Å². The third-order valence-electron chi connectivity index (χ3n) is 2.57. The molecule has 1 heterocycles. The van der Waals surface area contributed by atoms with Gasteiger partial charge in [0.2, 0.25) is 5.91 Å². The van der Waals surface area contributed by atoms with Crippen molar-refractivity contribution in [2.24, 2.45) is 11.3 Å². The molecular weight excluding hydrogens is 290 g/mol. The van der Waals surface area contributed by atoms with Gasteiger partial charge in [0.25, 0.3) is 0 Å². The van der Waals surface area contributed by atoms with Crippen molar-refractivity contribution in [2.75, 3.05) is 0 Å². The number of nitrogens with two attached hydrogens (primary N) is 1. The Morgan fingerprint density at radius 2 is 1.95 bits per heavy atom. The van der Waals surface area contributed by atoms with E-state index in [1.807, 2.05) is 32.2 Å². The van der Waals surface area contributed by atoms with Gasteiger partial charge in [-0.2, -0.15) is 0 Å². The van der Waals surface area contributed by atoms with Crippen molar-refractivity contribution in [3.8, 4) is 0 Å². The summed E-state index contributed by atoms with van der Waals surface area (Å²) >= 11 is 0. The summed E-state index contributed by atoms with van der Waals surface area (Å²) in [4.78, 5) is 16.1. The largest absolute Gasteiger partial charge is 0.294 e. The Labute approximate surface area is 129 Å². The van der Waals surface area contributed by atoms with E-state index in [0.717, 1.165) is 10.6 Å². The van der Waals surface area contributed by atoms with Crippen LogP contribution in [0.15, 0.2) is 23.4 Å². The van der Waals surface area contributed by atoms with Crippen LogP contribution in [0.4, 0.5) is 0 Å². The second-order valence-corrected chi connectivity index (χ2v) is 9.29. The molecule has 0 atom stereocenters. The third-order valence-corrected chi connectivity index (χ3v) is 5.82. The van der Waals surface area contributed by atoms with Crippen molar-refractivity contribution in [1.29, 1.82) is 0 Å². The standard InChI is InChI=1S/C14H23N3OS2/c1-13(2,3)20-19-11-7-6-10(9-16-11)8-14(4,5)12(18)17-15/h6-7,9H,8,15H2,1-5H3,(H,17,18). The number of carbonyl (C=O) groups is 1. The molecule has 1 amide bonds. The van der Waals surface area contributed by atoms with Gasteiger partial charge in [0.1, 0.15) is 5.03 Å². The van der Waals surface area contributed by atoms with Crippen LogP contribution in [0.3, 0.4) is 0 Å². The average Bonchev–Trinajstić information content (AvgIpc) is 2.35. The zero-order valence-corrected chi connectivity index (χ0v) is 14.3. The molecule has 0 saturated carbocycles. The van der Waals surface area contributed by atoms with E-state index in [1.165, 1.54) is 0 Å². The van der Waals surface area contributed by atoms with Crippen LogP contribution < -0.4 is 11.3 Å². The predicted octanol–water partition coefficient (Wildman–Crippen LogP) is 3.18. The minimum atomic E-state index is -0.536. The maximum atomic E-state index is 11.7. The van der Waals surface area contributed by atoms with Crippen molar-refractivity contribution >= 4 is 27.5 Å². The second kappa shape index (κ2) is 6.83. The molecule has 112 valence electrons. The Bertz CT molecular complexity index is 452. The summed E-state index contributed by atoms with van der Waals surface area (Å²) in [5.41, 5.74) is 2.70. The maximum absolute atomic E-state index is 11.7. The molecule has 1 rings (SSSR count). The van der Waals surface area contributed by atoms with Gasteiger partial charge in [0.15, 0.2) is 0 Å². The molecule has 6 heteroatoms. The van der Waals surface area contributed by atoms with Gasteiger partial charge < -0.3 is 0 Å². The first kappa shape index (κ1) is 17.3. The van der Waals surface area contributed by atoms with Gasteiger partial charge in [0, 0.05) is 16.4 Å². The molecule has 0 saturated heterocycles. The predicted molar refractivity (Wildman–Crippen MR) is 87.3 cm³/mol. The van der Waals surface area contributed by atoms with Crippen molar-refractivity contribution in [3.63, 3.8) is 0 Å². The molecule has 0 radical (unpaired) electrons. The summed E-state index contributed by atoms with van der Waals surface area (Å²) in [5.74, 6) is 5.03. The van der Waals surface area contributed by atoms with Gasteiger partial charge in [-0.15, -0.1) is 0 Å². The number of hydrogen-bond acceptors (Lipinski definition) is 5. The number of hydrazine groups is 1. The minimum absolute atomic E-state index is 0.167. The molecule has 0 fully saturated rings. The first-order valence-corrected chi connectivity index (χ1v) is 8.61. The van der Waals surface area contributed by atoms with E-state index in [4.69, 9.17) is 5.84 Å². The molecule has 1 aromatic heterocycles. The van der Waals surface area contributed by atoms with Crippen LogP contribution in [0.5, 0.6) is 0 Å². The molecule has 20 heavy (non-hydrogen) atoms. The summed E-state index contributed by atoms with van der Waals surface area (Å²) in [7, 11) is 3.46. The molecule has 0 bridgehead atoms. The first-order valence-electron chi connectivity index (χ1n) is 6.46. The quantitative estimate of drug-likeness (QED) is 0.378. The minimum Gasteiger partial charge on any atom is -0.294 e. The van der Waals surface area contributed by atoms with E-state index in [-0.39, 0.29) is 10.7 Å². The fourth-order valence-corrected chi connectivity index (χ4v) is 3.38. The van der Waals surface area contributed by atoms with E-state index in [2.05, 4.69) is 31.2 Å². The lowest BCUT2D eigenvalue weighted by atomic mass is 9.85. The van der Waals surface area contributed by atoms with Gasteiger partial charge in [-0.05, 0) is 28.8 Å². The fraction of sp³-hybridized carbons (Fsp3) is 0.571.